The number of benzene rings is 2. The minimum absolute atomic E-state index is 0.0401. The van der Waals surface area contributed by atoms with Gasteiger partial charge in [-0.1, -0.05) is 41.9 Å². The molecule has 0 unspecified atom stereocenters. The molecule has 4 aromatic rings. The average molecular weight is 546 g/mol. The SMILES string of the molecule is Cc1sc2nc([C@@H](C)OC(=O)c3cc(S(=O)(=O)N(C)Cc4ccccc4)ccc3Cl)[nH]c(=O)c2c1C. The van der Waals surface area contributed by atoms with E-state index < -0.39 is 22.1 Å². The van der Waals surface area contributed by atoms with Crippen molar-refractivity contribution in [2.24, 2.45) is 0 Å². The zero-order valence-corrected chi connectivity index (χ0v) is 22.4. The van der Waals surface area contributed by atoms with Gasteiger partial charge in [-0.2, -0.15) is 4.31 Å². The molecule has 0 aliphatic carbocycles. The van der Waals surface area contributed by atoms with Crippen LogP contribution in [0.5, 0.6) is 0 Å². The number of ether oxygens (including phenoxy) is 1. The molecule has 8 nitrogen and oxygen atoms in total. The van der Waals surface area contributed by atoms with E-state index in [4.69, 9.17) is 16.3 Å². The Morgan fingerprint density at radius 1 is 1.19 bits per heavy atom. The average Bonchev–Trinajstić information content (AvgIpc) is 3.13. The molecule has 2 aromatic heterocycles. The van der Waals surface area contributed by atoms with Crippen LogP contribution in [0.1, 0.15) is 45.2 Å². The maximum atomic E-state index is 13.1. The molecule has 0 saturated heterocycles. The number of fused-ring (bicyclic) bond motifs is 1. The molecule has 0 aliphatic rings. The normalized spacial score (nSPS) is 12.7. The lowest BCUT2D eigenvalue weighted by molar-refractivity contribution is 0.0320. The summed E-state index contributed by atoms with van der Waals surface area (Å²) < 4.78 is 33.0. The largest absolute Gasteiger partial charge is 0.451 e. The Kier molecular flexibility index (Phi) is 7.33. The number of nitrogens with zero attached hydrogens (tertiary/aromatic N) is 2. The molecular formula is C25H24ClN3O5S2. The summed E-state index contributed by atoms with van der Waals surface area (Å²) in [4.78, 5) is 34.1. The maximum Gasteiger partial charge on any atom is 0.340 e. The Labute approximate surface area is 217 Å². The van der Waals surface area contributed by atoms with E-state index in [-0.39, 0.29) is 33.4 Å². The molecule has 2 aromatic carbocycles. The molecule has 2 heterocycles. The Morgan fingerprint density at radius 2 is 1.89 bits per heavy atom. The van der Waals surface area contributed by atoms with Crippen LogP contribution in [-0.2, 0) is 21.3 Å². The Hall–Kier alpha value is -3.05. The molecule has 1 N–H and O–H groups in total. The van der Waals surface area contributed by atoms with Crippen molar-refractivity contribution < 1.29 is 17.9 Å². The molecule has 0 radical (unpaired) electrons. The van der Waals surface area contributed by atoms with Crippen LogP contribution in [0.25, 0.3) is 10.2 Å². The van der Waals surface area contributed by atoms with Crippen LogP contribution in [0.4, 0.5) is 0 Å². The zero-order chi connectivity index (χ0) is 26.2. The second-order valence-corrected chi connectivity index (χ2v) is 12.0. The third-order valence-corrected chi connectivity index (χ3v) is 9.07. The summed E-state index contributed by atoms with van der Waals surface area (Å²) in [7, 11) is -2.45. The number of aromatic amines is 1. The Morgan fingerprint density at radius 3 is 2.58 bits per heavy atom. The van der Waals surface area contributed by atoms with Gasteiger partial charge in [0.2, 0.25) is 10.0 Å². The minimum Gasteiger partial charge on any atom is -0.451 e. The van der Waals surface area contributed by atoms with E-state index in [9.17, 15) is 18.0 Å². The van der Waals surface area contributed by atoms with Crippen LogP contribution >= 0.6 is 22.9 Å². The number of aromatic nitrogens is 2. The molecule has 11 heteroatoms. The number of nitrogens with one attached hydrogen (secondary N) is 1. The van der Waals surface area contributed by atoms with Gasteiger partial charge in [-0.15, -0.1) is 11.3 Å². The van der Waals surface area contributed by atoms with E-state index in [1.54, 1.807) is 6.92 Å². The number of esters is 1. The molecule has 188 valence electrons. The van der Waals surface area contributed by atoms with Crippen LogP contribution in [0.15, 0.2) is 58.2 Å². The molecule has 0 spiro atoms. The number of carbonyl (C=O) groups excluding carboxylic acids is 1. The van der Waals surface area contributed by atoms with Crippen LogP contribution in [0, 0.1) is 13.8 Å². The number of carbonyl (C=O) groups is 1. The van der Waals surface area contributed by atoms with E-state index in [2.05, 4.69) is 9.97 Å². The van der Waals surface area contributed by atoms with E-state index in [0.29, 0.717) is 10.2 Å². The molecule has 0 bridgehead atoms. The molecule has 0 amide bonds. The predicted molar refractivity (Wildman–Crippen MR) is 140 cm³/mol. The van der Waals surface area contributed by atoms with Gasteiger partial charge in [-0.25, -0.2) is 18.2 Å². The monoisotopic (exact) mass is 545 g/mol. The van der Waals surface area contributed by atoms with Crippen molar-refractivity contribution in [1.29, 1.82) is 0 Å². The van der Waals surface area contributed by atoms with Crippen molar-refractivity contribution in [2.45, 2.75) is 38.3 Å². The van der Waals surface area contributed by atoms with Gasteiger partial charge in [0.05, 0.1) is 20.9 Å². The van der Waals surface area contributed by atoms with Crippen LogP contribution in [0.2, 0.25) is 5.02 Å². The number of thiophene rings is 1. The van der Waals surface area contributed by atoms with Gasteiger partial charge in [0.15, 0.2) is 11.9 Å². The molecule has 4 rings (SSSR count). The summed E-state index contributed by atoms with van der Waals surface area (Å²) in [5.41, 5.74) is 1.26. The van der Waals surface area contributed by atoms with Crippen molar-refractivity contribution in [2.75, 3.05) is 7.05 Å². The summed E-state index contributed by atoms with van der Waals surface area (Å²) in [6.07, 6.45) is -0.908. The highest BCUT2D eigenvalue weighted by atomic mass is 35.5. The Balaban J connectivity index is 1.58. The lowest BCUT2D eigenvalue weighted by atomic mass is 10.2. The van der Waals surface area contributed by atoms with Crippen molar-refractivity contribution in [3.63, 3.8) is 0 Å². The van der Waals surface area contributed by atoms with Gasteiger partial charge >= 0.3 is 5.97 Å². The first-order valence-electron chi connectivity index (χ1n) is 11.0. The van der Waals surface area contributed by atoms with Gasteiger partial charge in [0.1, 0.15) is 4.83 Å². The third kappa shape index (κ3) is 5.08. The quantitative estimate of drug-likeness (QED) is 0.327. The molecule has 0 aliphatic heterocycles. The standard InChI is InChI=1S/C25H24ClN3O5S2/c1-14-16(3)35-24-21(14)23(30)27-22(28-24)15(2)34-25(31)19-12-18(10-11-20(19)26)36(32,33)29(4)13-17-8-6-5-7-9-17/h5-12,15H,13H2,1-4H3,(H,27,28,30)/t15-/m1/s1. The predicted octanol–water partition coefficient (Wildman–Crippen LogP) is 4.99. The van der Waals surface area contributed by atoms with E-state index in [1.165, 1.54) is 40.9 Å². The van der Waals surface area contributed by atoms with Crippen LogP contribution in [0.3, 0.4) is 0 Å². The second-order valence-electron chi connectivity index (χ2n) is 8.35. The third-order valence-electron chi connectivity index (χ3n) is 5.84. The molecule has 0 fully saturated rings. The number of aryl methyl sites for hydroxylation is 2. The first kappa shape index (κ1) is 26.0. The lowest BCUT2D eigenvalue weighted by Gasteiger charge is -2.18. The number of halogens is 1. The van der Waals surface area contributed by atoms with Gasteiger partial charge in [-0.05, 0) is 50.1 Å². The number of hydrogen-bond acceptors (Lipinski definition) is 7. The smallest absolute Gasteiger partial charge is 0.340 e. The van der Waals surface area contributed by atoms with Crippen LogP contribution in [-0.4, -0.2) is 35.7 Å². The van der Waals surface area contributed by atoms with Gasteiger partial charge in [0.25, 0.3) is 5.56 Å². The van der Waals surface area contributed by atoms with Gasteiger partial charge in [-0.3, -0.25) is 4.79 Å². The van der Waals surface area contributed by atoms with E-state index in [0.717, 1.165) is 16.0 Å². The Bertz CT molecular complexity index is 1610. The maximum absolute atomic E-state index is 13.1. The number of hydrogen-bond donors (Lipinski definition) is 1. The highest BCUT2D eigenvalue weighted by Gasteiger charge is 2.25. The molecule has 1 atom stereocenters. The van der Waals surface area contributed by atoms with Crippen molar-refractivity contribution in [1.82, 2.24) is 14.3 Å². The van der Waals surface area contributed by atoms with E-state index in [1.807, 2.05) is 44.2 Å². The first-order chi connectivity index (χ1) is 17.0. The zero-order valence-electron chi connectivity index (χ0n) is 20.0. The summed E-state index contributed by atoms with van der Waals surface area (Å²) >= 11 is 7.61. The summed E-state index contributed by atoms with van der Waals surface area (Å²) in [5.74, 6) is -0.652. The summed E-state index contributed by atoms with van der Waals surface area (Å²) in [5, 5.41) is 0.554. The van der Waals surface area contributed by atoms with Gasteiger partial charge < -0.3 is 9.72 Å². The second kappa shape index (κ2) is 10.1. The molecular weight excluding hydrogens is 522 g/mol. The highest BCUT2D eigenvalue weighted by Crippen LogP contribution is 2.28. The highest BCUT2D eigenvalue weighted by molar-refractivity contribution is 7.89. The van der Waals surface area contributed by atoms with Crippen molar-refractivity contribution >= 4 is 49.1 Å². The fourth-order valence-electron chi connectivity index (χ4n) is 3.67. The topological polar surface area (TPSA) is 109 Å². The summed E-state index contributed by atoms with van der Waals surface area (Å²) in [6, 6.07) is 13.0. The number of rotatable bonds is 7. The minimum atomic E-state index is -3.91. The first-order valence-corrected chi connectivity index (χ1v) is 13.6. The fraction of sp³-hybridized carbons (Fsp3) is 0.240. The van der Waals surface area contributed by atoms with Crippen molar-refractivity contribution in [3.05, 3.63) is 91.3 Å². The van der Waals surface area contributed by atoms with Crippen molar-refractivity contribution in [3.8, 4) is 0 Å². The number of H-pyrrole nitrogens is 1. The van der Waals surface area contributed by atoms with E-state index >= 15 is 0 Å². The summed E-state index contributed by atoms with van der Waals surface area (Å²) in [6.45, 7) is 5.49. The van der Waals surface area contributed by atoms with Crippen LogP contribution < -0.4 is 5.56 Å². The van der Waals surface area contributed by atoms with Gasteiger partial charge in [0, 0.05) is 18.5 Å². The molecule has 36 heavy (non-hydrogen) atoms. The fourth-order valence-corrected chi connectivity index (χ4v) is 6.09. The number of sulfonamides is 1. The molecule has 0 saturated carbocycles. The lowest BCUT2D eigenvalue weighted by Crippen LogP contribution is -2.26.